The second-order valence-electron chi connectivity index (χ2n) is 4.42. The zero-order valence-corrected chi connectivity index (χ0v) is 10.7. The molecule has 0 fully saturated rings. The maximum atomic E-state index is 8.88. The van der Waals surface area contributed by atoms with Crippen LogP contribution in [-0.4, -0.2) is 9.78 Å². The van der Waals surface area contributed by atoms with Crippen LogP contribution < -0.4 is 5.73 Å². The van der Waals surface area contributed by atoms with E-state index in [9.17, 15) is 0 Å². The standard InChI is InChI=1S/C16H12N4/c17-9-13-6-7-15(8-16(13)18)20-11-14(10-19-20)12-4-2-1-3-5-12/h1-8,10-11H,18H2. The van der Waals surface area contributed by atoms with Crippen LogP contribution in [0.5, 0.6) is 0 Å². The monoisotopic (exact) mass is 260 g/mol. The first-order valence-electron chi connectivity index (χ1n) is 6.18. The summed E-state index contributed by atoms with van der Waals surface area (Å²) < 4.78 is 1.75. The molecule has 4 nitrogen and oxygen atoms in total. The van der Waals surface area contributed by atoms with Crippen molar-refractivity contribution >= 4 is 5.69 Å². The predicted molar refractivity (Wildman–Crippen MR) is 78.1 cm³/mol. The highest BCUT2D eigenvalue weighted by molar-refractivity contribution is 5.63. The smallest absolute Gasteiger partial charge is 0.101 e. The predicted octanol–water partition coefficient (Wildman–Crippen LogP) is 2.99. The highest BCUT2D eigenvalue weighted by Crippen LogP contribution is 2.21. The highest BCUT2D eigenvalue weighted by atomic mass is 15.3. The Morgan fingerprint density at radius 2 is 1.85 bits per heavy atom. The average Bonchev–Trinajstić information content (AvgIpc) is 2.98. The second-order valence-corrected chi connectivity index (χ2v) is 4.42. The molecule has 0 radical (unpaired) electrons. The van der Waals surface area contributed by atoms with Gasteiger partial charge in [-0.05, 0) is 23.8 Å². The van der Waals surface area contributed by atoms with E-state index in [1.54, 1.807) is 16.8 Å². The Morgan fingerprint density at radius 3 is 2.55 bits per heavy atom. The quantitative estimate of drug-likeness (QED) is 0.720. The molecular weight excluding hydrogens is 248 g/mol. The third kappa shape index (κ3) is 2.13. The minimum atomic E-state index is 0.460. The van der Waals surface area contributed by atoms with Gasteiger partial charge in [0.05, 0.1) is 23.1 Å². The number of hydrogen-bond acceptors (Lipinski definition) is 3. The van der Waals surface area contributed by atoms with Gasteiger partial charge in [-0.1, -0.05) is 30.3 Å². The van der Waals surface area contributed by atoms with Gasteiger partial charge in [-0.25, -0.2) is 4.68 Å². The van der Waals surface area contributed by atoms with E-state index in [0.29, 0.717) is 11.3 Å². The molecule has 0 aliphatic heterocycles. The Morgan fingerprint density at radius 1 is 1.05 bits per heavy atom. The van der Waals surface area contributed by atoms with Crippen LogP contribution in [0, 0.1) is 11.3 Å². The molecule has 0 aliphatic rings. The Bertz CT molecular complexity index is 782. The molecule has 2 aromatic carbocycles. The fraction of sp³-hybridized carbons (Fsp3) is 0. The highest BCUT2D eigenvalue weighted by Gasteiger charge is 2.05. The number of rotatable bonds is 2. The summed E-state index contributed by atoms with van der Waals surface area (Å²) in [4.78, 5) is 0. The van der Waals surface area contributed by atoms with Crippen molar-refractivity contribution in [3.63, 3.8) is 0 Å². The molecule has 0 amide bonds. The van der Waals surface area contributed by atoms with Gasteiger partial charge >= 0.3 is 0 Å². The molecule has 3 rings (SSSR count). The molecule has 0 unspecified atom stereocenters. The van der Waals surface area contributed by atoms with E-state index >= 15 is 0 Å². The van der Waals surface area contributed by atoms with Gasteiger partial charge in [0.2, 0.25) is 0 Å². The number of nitriles is 1. The molecule has 3 aromatic rings. The van der Waals surface area contributed by atoms with E-state index in [1.165, 1.54) is 0 Å². The van der Waals surface area contributed by atoms with Gasteiger partial charge in [-0.2, -0.15) is 10.4 Å². The van der Waals surface area contributed by atoms with Gasteiger partial charge in [-0.3, -0.25) is 0 Å². The van der Waals surface area contributed by atoms with E-state index in [0.717, 1.165) is 16.8 Å². The number of benzene rings is 2. The van der Waals surface area contributed by atoms with Crippen molar-refractivity contribution in [1.82, 2.24) is 9.78 Å². The van der Waals surface area contributed by atoms with Crippen LogP contribution in [0.1, 0.15) is 5.56 Å². The zero-order chi connectivity index (χ0) is 13.9. The molecule has 1 aromatic heterocycles. The van der Waals surface area contributed by atoms with Gasteiger partial charge in [0.15, 0.2) is 0 Å². The van der Waals surface area contributed by atoms with Crippen molar-refractivity contribution in [3.8, 4) is 22.9 Å². The topological polar surface area (TPSA) is 67.6 Å². The largest absolute Gasteiger partial charge is 0.398 e. The van der Waals surface area contributed by atoms with Crippen LogP contribution in [0.15, 0.2) is 60.9 Å². The molecule has 2 N–H and O–H groups in total. The Hall–Kier alpha value is -3.06. The molecule has 96 valence electrons. The molecule has 0 saturated carbocycles. The SMILES string of the molecule is N#Cc1ccc(-n2cc(-c3ccccc3)cn2)cc1N. The van der Waals surface area contributed by atoms with Crippen LogP contribution in [-0.2, 0) is 0 Å². The van der Waals surface area contributed by atoms with Gasteiger partial charge in [0.1, 0.15) is 6.07 Å². The minimum absolute atomic E-state index is 0.460. The molecule has 0 aliphatic carbocycles. The lowest BCUT2D eigenvalue weighted by molar-refractivity contribution is 0.881. The van der Waals surface area contributed by atoms with Crippen molar-refractivity contribution in [2.75, 3.05) is 5.73 Å². The van der Waals surface area contributed by atoms with E-state index < -0.39 is 0 Å². The molecule has 0 bridgehead atoms. The number of anilines is 1. The zero-order valence-electron chi connectivity index (χ0n) is 10.7. The van der Waals surface area contributed by atoms with Gasteiger partial charge in [0.25, 0.3) is 0 Å². The van der Waals surface area contributed by atoms with Crippen LogP contribution in [0.2, 0.25) is 0 Å². The first kappa shape index (κ1) is 12.0. The van der Waals surface area contributed by atoms with Crippen molar-refractivity contribution in [1.29, 1.82) is 5.26 Å². The van der Waals surface area contributed by atoms with Gasteiger partial charge in [0, 0.05) is 11.8 Å². The summed E-state index contributed by atoms with van der Waals surface area (Å²) in [6.07, 6.45) is 3.75. The first-order valence-corrected chi connectivity index (χ1v) is 6.18. The van der Waals surface area contributed by atoms with Crippen LogP contribution in [0.3, 0.4) is 0 Å². The van der Waals surface area contributed by atoms with E-state index in [4.69, 9.17) is 11.0 Å². The number of nitrogen functional groups attached to an aromatic ring is 1. The third-order valence-corrected chi connectivity index (χ3v) is 3.11. The summed E-state index contributed by atoms with van der Waals surface area (Å²) in [6.45, 7) is 0. The lowest BCUT2D eigenvalue weighted by atomic mass is 10.1. The lowest BCUT2D eigenvalue weighted by Crippen LogP contribution is -1.97. The summed E-state index contributed by atoms with van der Waals surface area (Å²) in [5.41, 5.74) is 9.74. The summed E-state index contributed by atoms with van der Waals surface area (Å²) in [5, 5.41) is 13.2. The van der Waals surface area contributed by atoms with Crippen molar-refractivity contribution in [3.05, 3.63) is 66.5 Å². The molecule has 0 saturated heterocycles. The maximum Gasteiger partial charge on any atom is 0.101 e. The minimum Gasteiger partial charge on any atom is -0.398 e. The van der Waals surface area contributed by atoms with Crippen LogP contribution in [0.4, 0.5) is 5.69 Å². The average molecular weight is 260 g/mol. The number of nitrogens with two attached hydrogens (primary N) is 1. The molecular formula is C16H12N4. The summed E-state index contributed by atoms with van der Waals surface area (Å²) >= 11 is 0. The molecule has 1 heterocycles. The molecule has 0 atom stereocenters. The molecule has 20 heavy (non-hydrogen) atoms. The van der Waals surface area contributed by atoms with Crippen LogP contribution >= 0.6 is 0 Å². The Labute approximate surface area is 116 Å². The molecule has 0 spiro atoms. The maximum absolute atomic E-state index is 8.88. The lowest BCUT2D eigenvalue weighted by Gasteiger charge is -2.03. The number of aromatic nitrogens is 2. The van der Waals surface area contributed by atoms with Crippen molar-refractivity contribution in [2.45, 2.75) is 0 Å². The fourth-order valence-electron chi connectivity index (χ4n) is 2.04. The summed E-state index contributed by atoms with van der Waals surface area (Å²) in [6, 6.07) is 17.4. The molecule has 4 heteroatoms. The summed E-state index contributed by atoms with van der Waals surface area (Å²) in [7, 11) is 0. The first-order chi connectivity index (χ1) is 9.78. The normalized spacial score (nSPS) is 10.2. The van der Waals surface area contributed by atoms with Crippen molar-refractivity contribution < 1.29 is 0 Å². The summed E-state index contributed by atoms with van der Waals surface area (Å²) in [5.74, 6) is 0. The second kappa shape index (κ2) is 4.90. The van der Waals surface area contributed by atoms with E-state index in [2.05, 4.69) is 11.2 Å². The van der Waals surface area contributed by atoms with E-state index in [1.807, 2.05) is 48.8 Å². The van der Waals surface area contributed by atoms with Crippen LogP contribution in [0.25, 0.3) is 16.8 Å². The Balaban J connectivity index is 1.99. The van der Waals surface area contributed by atoms with E-state index in [-0.39, 0.29) is 0 Å². The number of hydrogen-bond donors (Lipinski definition) is 1. The Kier molecular flexibility index (Phi) is 2.94. The fourth-order valence-corrected chi connectivity index (χ4v) is 2.04. The van der Waals surface area contributed by atoms with Gasteiger partial charge < -0.3 is 5.73 Å². The van der Waals surface area contributed by atoms with Crippen molar-refractivity contribution in [2.24, 2.45) is 0 Å². The van der Waals surface area contributed by atoms with Gasteiger partial charge in [-0.15, -0.1) is 0 Å². The number of nitrogens with zero attached hydrogens (tertiary/aromatic N) is 3. The third-order valence-electron chi connectivity index (χ3n) is 3.11.